The van der Waals surface area contributed by atoms with Crippen molar-refractivity contribution in [3.05, 3.63) is 113 Å². The molecule has 1 aromatic heterocycles. The summed E-state index contributed by atoms with van der Waals surface area (Å²) in [5.41, 5.74) is 4.41. The zero-order chi connectivity index (χ0) is 30.1. The molecule has 1 aliphatic carbocycles. The second-order valence-corrected chi connectivity index (χ2v) is 14.1. The van der Waals surface area contributed by atoms with E-state index in [2.05, 4.69) is 0 Å². The van der Waals surface area contributed by atoms with Crippen molar-refractivity contribution in [2.75, 3.05) is 12.5 Å². The summed E-state index contributed by atoms with van der Waals surface area (Å²) in [6.45, 7) is -2.80. The molecular formula is C31H28F2N2O5S2. The summed E-state index contributed by atoms with van der Waals surface area (Å²) in [6.07, 6.45) is 9.98. The van der Waals surface area contributed by atoms with Crippen LogP contribution in [0.2, 0.25) is 0 Å². The van der Waals surface area contributed by atoms with Gasteiger partial charge in [0.2, 0.25) is 0 Å². The van der Waals surface area contributed by atoms with Crippen molar-refractivity contribution in [3.8, 4) is 16.9 Å². The van der Waals surface area contributed by atoms with E-state index in [9.17, 15) is 25.6 Å². The fraction of sp³-hybridized carbons (Fsp3) is 0.194. The Morgan fingerprint density at radius 3 is 2.31 bits per heavy atom. The van der Waals surface area contributed by atoms with Crippen LogP contribution in [0.4, 0.5) is 8.78 Å². The molecule has 0 saturated heterocycles. The summed E-state index contributed by atoms with van der Waals surface area (Å²) in [5, 5.41) is 0. The van der Waals surface area contributed by atoms with Gasteiger partial charge in [0.15, 0.2) is 19.7 Å². The van der Waals surface area contributed by atoms with E-state index in [0.717, 1.165) is 28.5 Å². The van der Waals surface area contributed by atoms with E-state index in [1.54, 1.807) is 60.7 Å². The second kappa shape index (κ2) is 11.7. The minimum absolute atomic E-state index is 0.0575. The molecule has 0 unspecified atom stereocenters. The number of benzene rings is 3. The predicted octanol–water partition coefficient (Wildman–Crippen LogP) is 6.11. The first-order valence-corrected chi connectivity index (χ1v) is 16.8. The Morgan fingerprint density at radius 1 is 0.905 bits per heavy atom. The van der Waals surface area contributed by atoms with Gasteiger partial charge in [0.1, 0.15) is 11.6 Å². The van der Waals surface area contributed by atoms with E-state index in [1.165, 1.54) is 12.3 Å². The number of fused-ring (bicyclic) bond motifs is 1. The Hall–Kier alpha value is -4.09. The van der Waals surface area contributed by atoms with Crippen molar-refractivity contribution in [3.63, 3.8) is 0 Å². The number of allylic oxidation sites excluding steroid dienone is 6. The van der Waals surface area contributed by atoms with E-state index < -0.39 is 26.3 Å². The minimum atomic E-state index is -3.34. The molecule has 0 amide bonds. The highest BCUT2D eigenvalue weighted by Crippen LogP contribution is 2.30. The van der Waals surface area contributed by atoms with E-state index in [1.807, 2.05) is 28.8 Å². The van der Waals surface area contributed by atoms with Crippen LogP contribution < -0.4 is 4.74 Å². The summed E-state index contributed by atoms with van der Waals surface area (Å²) in [6, 6.07) is 18.8. The molecule has 3 aromatic carbocycles. The monoisotopic (exact) mass is 610 g/mol. The third-order valence-corrected chi connectivity index (χ3v) is 9.32. The lowest BCUT2D eigenvalue weighted by Gasteiger charge is -2.14. The van der Waals surface area contributed by atoms with E-state index >= 15 is 0 Å². The van der Waals surface area contributed by atoms with E-state index in [0.29, 0.717) is 28.2 Å². The van der Waals surface area contributed by atoms with Crippen molar-refractivity contribution in [1.82, 2.24) is 9.55 Å². The summed E-state index contributed by atoms with van der Waals surface area (Å²) < 4.78 is 81.0. The summed E-state index contributed by atoms with van der Waals surface area (Å²) in [7, 11) is -6.68. The number of rotatable bonds is 9. The smallest absolute Gasteiger partial charge is 0.387 e. The molecule has 42 heavy (non-hydrogen) atoms. The van der Waals surface area contributed by atoms with Crippen LogP contribution in [0.25, 0.3) is 22.2 Å². The van der Waals surface area contributed by atoms with Crippen molar-refractivity contribution in [2.45, 2.75) is 30.9 Å². The molecule has 0 N–H and O–H groups in total. The molecule has 4 aromatic rings. The van der Waals surface area contributed by atoms with E-state index in [4.69, 9.17) is 9.72 Å². The van der Waals surface area contributed by atoms with Gasteiger partial charge in [0.25, 0.3) is 0 Å². The van der Waals surface area contributed by atoms with Gasteiger partial charge in [0, 0.05) is 35.8 Å². The van der Waals surface area contributed by atoms with Gasteiger partial charge >= 0.3 is 6.61 Å². The molecular weight excluding hydrogens is 582 g/mol. The van der Waals surface area contributed by atoms with Crippen LogP contribution in [0.5, 0.6) is 5.75 Å². The first-order chi connectivity index (χ1) is 19.9. The normalized spacial score (nSPS) is 14.1. The molecule has 0 radical (unpaired) electrons. The Kier molecular flexibility index (Phi) is 8.16. The quantitative estimate of drug-likeness (QED) is 0.227. The molecule has 218 valence electrons. The lowest BCUT2D eigenvalue weighted by atomic mass is 10.1. The highest BCUT2D eigenvalue weighted by molar-refractivity contribution is 7.94. The number of alkyl halides is 2. The number of aromatic nitrogens is 2. The van der Waals surface area contributed by atoms with Gasteiger partial charge < -0.3 is 9.30 Å². The Morgan fingerprint density at radius 2 is 1.62 bits per heavy atom. The molecule has 1 aliphatic rings. The van der Waals surface area contributed by atoms with Crippen LogP contribution in [0.3, 0.4) is 0 Å². The molecule has 0 spiro atoms. The van der Waals surface area contributed by atoms with Crippen molar-refractivity contribution in [1.29, 1.82) is 0 Å². The van der Waals surface area contributed by atoms with Gasteiger partial charge in [-0.3, -0.25) is 0 Å². The third kappa shape index (κ3) is 6.69. The highest BCUT2D eigenvalue weighted by Gasteiger charge is 2.18. The van der Waals surface area contributed by atoms with Crippen molar-refractivity contribution < 1.29 is 30.4 Å². The maximum absolute atomic E-state index is 13.2. The molecule has 7 nitrogen and oxygen atoms in total. The average molecular weight is 611 g/mol. The Labute approximate surface area is 243 Å². The molecule has 0 bridgehead atoms. The fourth-order valence-electron chi connectivity index (χ4n) is 4.80. The number of nitrogens with zero attached hydrogens (tertiary/aromatic N) is 2. The maximum atomic E-state index is 13.2. The number of ether oxygens (including phenoxy) is 1. The summed E-state index contributed by atoms with van der Waals surface area (Å²) in [4.78, 5) is 5.38. The Bertz CT molecular complexity index is 1960. The van der Waals surface area contributed by atoms with Gasteiger partial charge in [-0.2, -0.15) is 8.78 Å². The number of halogens is 2. The van der Waals surface area contributed by atoms with Gasteiger partial charge in [-0.1, -0.05) is 54.6 Å². The van der Waals surface area contributed by atoms with Gasteiger partial charge in [-0.05, 0) is 53.1 Å². The van der Waals surface area contributed by atoms with Crippen LogP contribution in [-0.4, -0.2) is 45.5 Å². The SMILES string of the molecule is CS(=O)(=O)C1=CC=C(Cc2nc3ccc(-c4ccc(S(C)(=O)=O)cc4)cc3n2Cc2ccccc2OC(F)F)C=CC1. The molecule has 0 fully saturated rings. The standard InChI is InChI=1S/C31H28F2N2O5S2/c1-41(36,37)25-8-5-6-21(10-14-25)18-30-34-27-17-13-23(22-11-15-26(16-12-22)42(2,38)39)19-28(27)35(30)20-24-7-3-4-9-29(24)40-31(32)33/h3-7,9-17,19,31H,8,18,20H2,1-2H3. The highest BCUT2D eigenvalue weighted by atomic mass is 32.2. The molecule has 0 saturated carbocycles. The number of sulfone groups is 2. The molecule has 11 heteroatoms. The van der Waals surface area contributed by atoms with Crippen LogP contribution in [0, 0.1) is 0 Å². The zero-order valence-corrected chi connectivity index (χ0v) is 24.5. The first-order valence-electron chi connectivity index (χ1n) is 13.0. The van der Waals surface area contributed by atoms with E-state index in [-0.39, 0.29) is 23.6 Å². The number of hydrogen-bond donors (Lipinski definition) is 0. The summed E-state index contributed by atoms with van der Waals surface area (Å²) >= 11 is 0. The Balaban J connectivity index is 1.61. The van der Waals surface area contributed by atoms with Gasteiger partial charge in [0.05, 0.1) is 22.5 Å². The molecule has 0 atom stereocenters. The van der Waals surface area contributed by atoms with Crippen molar-refractivity contribution in [2.24, 2.45) is 0 Å². The lowest BCUT2D eigenvalue weighted by Crippen LogP contribution is -2.09. The number of imidazole rings is 1. The molecule has 0 aliphatic heterocycles. The maximum Gasteiger partial charge on any atom is 0.387 e. The second-order valence-electron chi connectivity index (χ2n) is 10.0. The van der Waals surface area contributed by atoms with Crippen LogP contribution in [0.15, 0.2) is 106 Å². The third-order valence-electron chi connectivity index (χ3n) is 6.93. The van der Waals surface area contributed by atoms with Crippen LogP contribution >= 0.6 is 0 Å². The number of para-hydroxylation sites is 1. The zero-order valence-electron chi connectivity index (χ0n) is 22.9. The minimum Gasteiger partial charge on any atom is -0.434 e. The molecule has 1 heterocycles. The first kappa shape index (κ1) is 29.4. The topological polar surface area (TPSA) is 95.3 Å². The predicted molar refractivity (Wildman–Crippen MR) is 159 cm³/mol. The van der Waals surface area contributed by atoms with Crippen molar-refractivity contribution >= 4 is 30.7 Å². The van der Waals surface area contributed by atoms with Crippen LogP contribution in [0.1, 0.15) is 17.8 Å². The average Bonchev–Trinajstić information content (AvgIpc) is 3.07. The largest absolute Gasteiger partial charge is 0.434 e. The van der Waals surface area contributed by atoms with Gasteiger partial charge in [-0.15, -0.1) is 0 Å². The van der Waals surface area contributed by atoms with Crippen LogP contribution in [-0.2, 0) is 32.6 Å². The van der Waals surface area contributed by atoms with Gasteiger partial charge in [-0.25, -0.2) is 21.8 Å². The fourth-order valence-corrected chi connectivity index (χ4v) is 6.14. The molecule has 5 rings (SSSR count). The summed E-state index contributed by atoms with van der Waals surface area (Å²) in [5.74, 6) is 0.704. The lowest BCUT2D eigenvalue weighted by molar-refractivity contribution is -0.0504. The number of hydrogen-bond acceptors (Lipinski definition) is 6.